The Hall–Kier alpha value is -0.200. The van der Waals surface area contributed by atoms with E-state index < -0.39 is 21.1 Å². The van der Waals surface area contributed by atoms with Crippen molar-refractivity contribution in [2.75, 3.05) is 19.8 Å². The molecule has 2 aliphatic heterocycles. The molecule has 0 N–H and O–H groups in total. The van der Waals surface area contributed by atoms with Crippen LogP contribution in [0.4, 0.5) is 3.89 Å². The summed E-state index contributed by atoms with van der Waals surface area (Å²) in [6.45, 7) is 1.23. The summed E-state index contributed by atoms with van der Waals surface area (Å²) < 4.78 is 45.4. The Bertz CT molecular complexity index is 307. The summed E-state index contributed by atoms with van der Waals surface area (Å²) in [5, 5.41) is -0.987. The van der Waals surface area contributed by atoms with Gasteiger partial charge in [-0.15, -0.1) is 3.89 Å². The second kappa shape index (κ2) is 3.43. The van der Waals surface area contributed by atoms with E-state index in [0.717, 1.165) is 0 Å². The van der Waals surface area contributed by atoms with E-state index in [4.69, 9.17) is 9.47 Å². The fourth-order valence-electron chi connectivity index (χ4n) is 2.31. The molecule has 1 atom stereocenters. The highest BCUT2D eigenvalue weighted by atomic mass is 32.3. The molecule has 0 amide bonds. The van der Waals surface area contributed by atoms with Crippen molar-refractivity contribution in [2.24, 2.45) is 0 Å². The predicted molar refractivity (Wildman–Crippen MR) is 47.2 cm³/mol. The summed E-state index contributed by atoms with van der Waals surface area (Å²) in [7, 11) is -4.49. The Balaban J connectivity index is 2.24. The van der Waals surface area contributed by atoms with Crippen molar-refractivity contribution in [2.45, 2.75) is 30.1 Å². The molecule has 14 heavy (non-hydrogen) atoms. The van der Waals surface area contributed by atoms with Crippen molar-refractivity contribution in [1.29, 1.82) is 0 Å². The van der Waals surface area contributed by atoms with Gasteiger partial charge in [-0.1, -0.05) is 0 Å². The molecule has 0 radical (unpaired) electrons. The van der Waals surface area contributed by atoms with E-state index in [2.05, 4.69) is 0 Å². The number of halogens is 1. The average Bonchev–Trinajstić information content (AvgIpc) is 2.49. The van der Waals surface area contributed by atoms with Gasteiger partial charge in [-0.25, -0.2) is 0 Å². The summed E-state index contributed by atoms with van der Waals surface area (Å²) in [6, 6.07) is 0. The maximum Gasteiger partial charge on any atom is 0.308 e. The molecule has 2 heterocycles. The fourth-order valence-corrected chi connectivity index (χ4v) is 3.50. The molecule has 0 bridgehead atoms. The molecular formula is C8H13FO4S. The van der Waals surface area contributed by atoms with Gasteiger partial charge in [0.15, 0.2) is 0 Å². The lowest BCUT2D eigenvalue weighted by Crippen LogP contribution is -2.46. The lowest BCUT2D eigenvalue weighted by atomic mass is 9.91. The first-order chi connectivity index (χ1) is 6.55. The zero-order valence-corrected chi connectivity index (χ0v) is 8.56. The van der Waals surface area contributed by atoms with Gasteiger partial charge in [-0.05, 0) is 6.42 Å². The van der Waals surface area contributed by atoms with Crippen molar-refractivity contribution in [3.05, 3.63) is 0 Å². The summed E-state index contributed by atoms with van der Waals surface area (Å²) >= 11 is 0. The van der Waals surface area contributed by atoms with Gasteiger partial charge in [0.1, 0.15) is 5.25 Å². The van der Waals surface area contributed by atoms with Crippen LogP contribution in [0.1, 0.15) is 19.3 Å². The molecule has 2 fully saturated rings. The summed E-state index contributed by atoms with van der Waals surface area (Å²) in [4.78, 5) is 0. The van der Waals surface area contributed by atoms with E-state index in [9.17, 15) is 12.3 Å². The zero-order valence-electron chi connectivity index (χ0n) is 7.74. The molecule has 0 aliphatic carbocycles. The minimum Gasteiger partial charge on any atom is -0.381 e. The third-order valence-corrected chi connectivity index (χ3v) is 4.38. The van der Waals surface area contributed by atoms with Crippen molar-refractivity contribution in [3.63, 3.8) is 0 Å². The predicted octanol–water partition coefficient (Wildman–Crippen LogP) is 0.624. The van der Waals surface area contributed by atoms with E-state index >= 15 is 0 Å². The highest BCUT2D eigenvalue weighted by Gasteiger charge is 2.52. The van der Waals surface area contributed by atoms with E-state index in [1.165, 1.54) is 0 Å². The van der Waals surface area contributed by atoms with E-state index in [1.54, 1.807) is 0 Å². The van der Waals surface area contributed by atoms with Crippen molar-refractivity contribution in [1.82, 2.24) is 0 Å². The van der Waals surface area contributed by atoms with Crippen LogP contribution < -0.4 is 0 Å². The average molecular weight is 224 g/mol. The lowest BCUT2D eigenvalue weighted by molar-refractivity contribution is -0.0763. The number of hydrogen-bond acceptors (Lipinski definition) is 4. The van der Waals surface area contributed by atoms with Crippen molar-refractivity contribution >= 4 is 10.2 Å². The molecule has 82 valence electrons. The normalized spacial score (nSPS) is 32.2. The number of ether oxygens (including phenoxy) is 2. The Morgan fingerprint density at radius 3 is 2.43 bits per heavy atom. The van der Waals surface area contributed by atoms with Gasteiger partial charge in [-0.2, -0.15) is 8.42 Å². The standard InChI is InChI=1S/C8H13FO4S/c9-14(10,11)7-1-4-13-8(7)2-5-12-6-3-8/h7H,1-6H2. The monoisotopic (exact) mass is 224 g/mol. The van der Waals surface area contributed by atoms with E-state index in [0.29, 0.717) is 32.7 Å². The Labute approximate surface area is 82.6 Å². The highest BCUT2D eigenvalue weighted by Crippen LogP contribution is 2.39. The van der Waals surface area contributed by atoms with Crippen molar-refractivity contribution in [3.8, 4) is 0 Å². The molecular weight excluding hydrogens is 211 g/mol. The number of hydrogen-bond donors (Lipinski definition) is 0. The van der Waals surface area contributed by atoms with Crippen LogP contribution in [0.25, 0.3) is 0 Å². The van der Waals surface area contributed by atoms with Crippen LogP contribution in [0.5, 0.6) is 0 Å². The smallest absolute Gasteiger partial charge is 0.308 e. The number of rotatable bonds is 1. The largest absolute Gasteiger partial charge is 0.381 e. The van der Waals surface area contributed by atoms with Gasteiger partial charge in [0.05, 0.1) is 5.60 Å². The van der Waals surface area contributed by atoms with Gasteiger partial charge in [-0.3, -0.25) is 0 Å². The van der Waals surface area contributed by atoms with Gasteiger partial charge in [0.25, 0.3) is 0 Å². The van der Waals surface area contributed by atoms with E-state index in [1.807, 2.05) is 0 Å². The van der Waals surface area contributed by atoms with Crippen molar-refractivity contribution < 1.29 is 21.8 Å². The van der Waals surface area contributed by atoms with Gasteiger partial charge >= 0.3 is 10.2 Å². The van der Waals surface area contributed by atoms with Crippen LogP contribution in [0.15, 0.2) is 0 Å². The second-order valence-corrected chi connectivity index (χ2v) is 5.30. The molecule has 2 saturated heterocycles. The third-order valence-electron chi connectivity index (χ3n) is 3.04. The first-order valence-electron chi connectivity index (χ1n) is 4.70. The third kappa shape index (κ3) is 1.66. The maximum absolute atomic E-state index is 13.0. The second-order valence-electron chi connectivity index (χ2n) is 3.78. The minimum atomic E-state index is -4.49. The van der Waals surface area contributed by atoms with Crippen LogP contribution in [-0.4, -0.2) is 39.1 Å². The van der Waals surface area contributed by atoms with Crippen LogP contribution >= 0.6 is 0 Å². The molecule has 1 unspecified atom stereocenters. The molecule has 0 aromatic heterocycles. The van der Waals surface area contributed by atoms with Crippen LogP contribution in [0, 0.1) is 0 Å². The molecule has 0 aromatic rings. The minimum absolute atomic E-state index is 0.263. The molecule has 2 aliphatic rings. The topological polar surface area (TPSA) is 52.6 Å². The Morgan fingerprint density at radius 2 is 1.86 bits per heavy atom. The maximum atomic E-state index is 13.0. The molecule has 4 nitrogen and oxygen atoms in total. The summed E-state index contributed by atoms with van der Waals surface area (Å²) in [5.74, 6) is 0. The molecule has 0 aromatic carbocycles. The first-order valence-corrected chi connectivity index (χ1v) is 6.14. The van der Waals surface area contributed by atoms with Crippen LogP contribution in [0.2, 0.25) is 0 Å². The summed E-state index contributed by atoms with van der Waals surface area (Å²) in [6.07, 6.45) is 1.21. The molecule has 0 saturated carbocycles. The SMILES string of the molecule is O=S(=O)(F)C1CCOC12CCOCC2. The van der Waals surface area contributed by atoms with Crippen LogP contribution in [-0.2, 0) is 19.7 Å². The summed E-state index contributed by atoms with van der Waals surface area (Å²) in [5.41, 5.74) is -0.814. The molecule has 2 rings (SSSR count). The van der Waals surface area contributed by atoms with Crippen LogP contribution in [0.3, 0.4) is 0 Å². The van der Waals surface area contributed by atoms with Gasteiger partial charge in [0, 0.05) is 32.7 Å². The lowest BCUT2D eigenvalue weighted by Gasteiger charge is -2.35. The van der Waals surface area contributed by atoms with E-state index in [-0.39, 0.29) is 6.42 Å². The first kappa shape index (κ1) is 10.3. The molecule has 6 heteroatoms. The fraction of sp³-hybridized carbons (Fsp3) is 1.00. The van der Waals surface area contributed by atoms with Gasteiger partial charge < -0.3 is 9.47 Å². The highest BCUT2D eigenvalue weighted by molar-refractivity contribution is 7.87. The molecule has 1 spiro atoms. The van der Waals surface area contributed by atoms with Gasteiger partial charge in [0.2, 0.25) is 0 Å². The Morgan fingerprint density at radius 1 is 1.21 bits per heavy atom. The zero-order chi connectivity index (χ0) is 10.2. The Kier molecular flexibility index (Phi) is 2.53. The quantitative estimate of drug-likeness (QED) is 0.613.